The van der Waals surface area contributed by atoms with Crippen LogP contribution in [0.4, 0.5) is 0 Å². The molecule has 2 heteroatoms. The van der Waals surface area contributed by atoms with Gasteiger partial charge >= 0.3 is 0 Å². The predicted octanol–water partition coefficient (Wildman–Crippen LogP) is 2.72. The van der Waals surface area contributed by atoms with Crippen LogP contribution in [0.2, 0.25) is 0 Å². The Balaban J connectivity index is 1.80. The van der Waals surface area contributed by atoms with Crippen molar-refractivity contribution in [2.45, 2.75) is 26.2 Å². The molecule has 0 aromatic heterocycles. The van der Waals surface area contributed by atoms with Crippen molar-refractivity contribution in [3.05, 3.63) is 35.9 Å². The quantitative estimate of drug-likeness (QED) is 0.879. The fraction of sp³-hybridized carbons (Fsp3) is 0.625. The molecule has 100 valence electrons. The Morgan fingerprint density at radius 1 is 1.33 bits per heavy atom. The molecule has 1 aromatic rings. The van der Waals surface area contributed by atoms with Crippen LogP contribution in [0.15, 0.2) is 30.3 Å². The number of hydrogen-bond donors (Lipinski definition) is 1. The van der Waals surface area contributed by atoms with Crippen LogP contribution < -0.4 is 5.32 Å². The van der Waals surface area contributed by atoms with Gasteiger partial charge in [-0.15, -0.1) is 0 Å². The van der Waals surface area contributed by atoms with Gasteiger partial charge in [0.1, 0.15) is 0 Å². The van der Waals surface area contributed by atoms with E-state index in [4.69, 9.17) is 0 Å². The Labute approximate surface area is 111 Å². The first kappa shape index (κ1) is 13.6. The van der Waals surface area contributed by atoms with E-state index in [-0.39, 0.29) is 0 Å². The largest absolute Gasteiger partial charge is 0.315 e. The molecule has 2 nitrogen and oxygen atoms in total. The summed E-state index contributed by atoms with van der Waals surface area (Å²) in [7, 11) is 0. The standard InChI is InChI=1S/C16H26N2/c1-14-12-17-9-11-18(13-14)10-8-15(2)16-6-4-3-5-7-16/h3-7,14-15,17H,8-13H2,1-2H3. The highest BCUT2D eigenvalue weighted by atomic mass is 15.2. The molecule has 0 spiro atoms. The molecule has 1 aliphatic rings. The topological polar surface area (TPSA) is 15.3 Å². The van der Waals surface area contributed by atoms with Gasteiger partial charge in [-0.3, -0.25) is 0 Å². The van der Waals surface area contributed by atoms with E-state index in [2.05, 4.69) is 54.4 Å². The summed E-state index contributed by atoms with van der Waals surface area (Å²) < 4.78 is 0. The third-order valence-corrected chi connectivity index (χ3v) is 3.91. The summed E-state index contributed by atoms with van der Waals surface area (Å²) in [5.41, 5.74) is 1.47. The molecule has 2 unspecified atom stereocenters. The third kappa shape index (κ3) is 4.11. The highest BCUT2D eigenvalue weighted by molar-refractivity contribution is 5.18. The molecule has 1 aromatic carbocycles. The number of rotatable bonds is 4. The molecule has 1 heterocycles. The molecule has 1 fully saturated rings. The summed E-state index contributed by atoms with van der Waals surface area (Å²) >= 11 is 0. The first-order valence-electron chi connectivity index (χ1n) is 7.23. The average molecular weight is 246 g/mol. The molecule has 1 aliphatic heterocycles. The summed E-state index contributed by atoms with van der Waals surface area (Å²) in [6, 6.07) is 10.9. The minimum Gasteiger partial charge on any atom is -0.315 e. The van der Waals surface area contributed by atoms with Crippen molar-refractivity contribution in [3.63, 3.8) is 0 Å². The van der Waals surface area contributed by atoms with E-state index in [1.165, 1.54) is 38.2 Å². The third-order valence-electron chi connectivity index (χ3n) is 3.91. The maximum atomic E-state index is 3.50. The normalized spacial score (nSPS) is 23.6. The summed E-state index contributed by atoms with van der Waals surface area (Å²) in [6.07, 6.45) is 1.26. The number of benzene rings is 1. The second-order valence-electron chi connectivity index (χ2n) is 5.71. The van der Waals surface area contributed by atoms with Crippen molar-refractivity contribution in [2.75, 3.05) is 32.7 Å². The molecule has 1 saturated heterocycles. The molecule has 0 bridgehead atoms. The summed E-state index contributed by atoms with van der Waals surface area (Å²) in [4.78, 5) is 2.62. The van der Waals surface area contributed by atoms with Crippen LogP contribution in [-0.2, 0) is 0 Å². The zero-order valence-electron chi connectivity index (χ0n) is 11.7. The SMILES string of the molecule is CC1CNCCN(CCC(C)c2ccccc2)C1. The van der Waals surface area contributed by atoms with E-state index in [0.29, 0.717) is 5.92 Å². The molecule has 1 N–H and O–H groups in total. The van der Waals surface area contributed by atoms with Crippen LogP contribution in [0.3, 0.4) is 0 Å². The lowest BCUT2D eigenvalue weighted by atomic mass is 9.97. The Hall–Kier alpha value is -0.860. The van der Waals surface area contributed by atoms with Gasteiger partial charge in [-0.1, -0.05) is 44.2 Å². The smallest absolute Gasteiger partial charge is 0.0107 e. The van der Waals surface area contributed by atoms with Crippen LogP contribution in [-0.4, -0.2) is 37.6 Å². The first-order valence-corrected chi connectivity index (χ1v) is 7.23. The van der Waals surface area contributed by atoms with Crippen molar-refractivity contribution in [1.82, 2.24) is 10.2 Å². The number of nitrogens with one attached hydrogen (secondary N) is 1. The maximum Gasteiger partial charge on any atom is 0.0107 e. The van der Waals surface area contributed by atoms with E-state index in [0.717, 1.165) is 12.5 Å². The van der Waals surface area contributed by atoms with Gasteiger partial charge in [0.05, 0.1) is 0 Å². The maximum absolute atomic E-state index is 3.50. The molecule has 2 atom stereocenters. The van der Waals surface area contributed by atoms with Gasteiger partial charge in [-0.2, -0.15) is 0 Å². The minimum absolute atomic E-state index is 0.665. The van der Waals surface area contributed by atoms with Gasteiger partial charge in [0.15, 0.2) is 0 Å². The van der Waals surface area contributed by atoms with Gasteiger partial charge in [-0.05, 0) is 36.9 Å². The second-order valence-corrected chi connectivity index (χ2v) is 5.71. The van der Waals surface area contributed by atoms with Crippen molar-refractivity contribution in [2.24, 2.45) is 5.92 Å². The van der Waals surface area contributed by atoms with Gasteiger partial charge < -0.3 is 10.2 Å². The lowest BCUT2D eigenvalue weighted by Gasteiger charge is -2.23. The van der Waals surface area contributed by atoms with Crippen molar-refractivity contribution < 1.29 is 0 Å². The van der Waals surface area contributed by atoms with Gasteiger partial charge in [0, 0.05) is 19.6 Å². The molecular formula is C16H26N2. The Morgan fingerprint density at radius 2 is 2.11 bits per heavy atom. The monoisotopic (exact) mass is 246 g/mol. The van der Waals surface area contributed by atoms with Gasteiger partial charge in [0.2, 0.25) is 0 Å². The average Bonchev–Trinajstić information content (AvgIpc) is 2.61. The van der Waals surface area contributed by atoms with Crippen LogP contribution in [0.5, 0.6) is 0 Å². The lowest BCUT2D eigenvalue weighted by molar-refractivity contribution is 0.256. The van der Waals surface area contributed by atoms with Crippen molar-refractivity contribution in [3.8, 4) is 0 Å². The van der Waals surface area contributed by atoms with Crippen LogP contribution in [0, 0.1) is 5.92 Å². The van der Waals surface area contributed by atoms with Crippen LogP contribution in [0.25, 0.3) is 0 Å². The number of nitrogens with zero attached hydrogens (tertiary/aromatic N) is 1. The van der Waals surface area contributed by atoms with E-state index >= 15 is 0 Å². The van der Waals surface area contributed by atoms with E-state index < -0.39 is 0 Å². The van der Waals surface area contributed by atoms with Gasteiger partial charge in [-0.25, -0.2) is 0 Å². The fourth-order valence-corrected chi connectivity index (χ4v) is 2.71. The molecule has 0 saturated carbocycles. The van der Waals surface area contributed by atoms with Crippen molar-refractivity contribution >= 4 is 0 Å². The Morgan fingerprint density at radius 3 is 2.89 bits per heavy atom. The molecule has 0 amide bonds. The molecular weight excluding hydrogens is 220 g/mol. The zero-order valence-corrected chi connectivity index (χ0v) is 11.7. The first-order chi connectivity index (χ1) is 8.75. The van der Waals surface area contributed by atoms with Gasteiger partial charge in [0.25, 0.3) is 0 Å². The highest BCUT2D eigenvalue weighted by Crippen LogP contribution is 2.19. The summed E-state index contributed by atoms with van der Waals surface area (Å²) in [5, 5.41) is 3.50. The van der Waals surface area contributed by atoms with E-state index in [1.54, 1.807) is 0 Å². The van der Waals surface area contributed by atoms with Crippen LogP contribution in [0.1, 0.15) is 31.7 Å². The van der Waals surface area contributed by atoms with E-state index in [9.17, 15) is 0 Å². The molecule has 18 heavy (non-hydrogen) atoms. The lowest BCUT2D eigenvalue weighted by Crippen LogP contribution is -2.31. The minimum atomic E-state index is 0.665. The molecule has 0 radical (unpaired) electrons. The fourth-order valence-electron chi connectivity index (χ4n) is 2.71. The Kier molecular flexibility index (Phi) is 5.21. The Bertz CT molecular complexity index is 336. The number of hydrogen-bond acceptors (Lipinski definition) is 2. The summed E-state index contributed by atoms with van der Waals surface area (Å²) in [6.45, 7) is 10.7. The molecule has 0 aliphatic carbocycles. The van der Waals surface area contributed by atoms with Crippen LogP contribution >= 0.6 is 0 Å². The van der Waals surface area contributed by atoms with E-state index in [1.807, 2.05) is 0 Å². The second kappa shape index (κ2) is 6.91. The molecule has 2 rings (SSSR count). The van der Waals surface area contributed by atoms with Crippen molar-refractivity contribution in [1.29, 1.82) is 0 Å². The predicted molar refractivity (Wildman–Crippen MR) is 77.9 cm³/mol. The highest BCUT2D eigenvalue weighted by Gasteiger charge is 2.15. The zero-order chi connectivity index (χ0) is 12.8. The summed E-state index contributed by atoms with van der Waals surface area (Å²) in [5.74, 6) is 1.44.